The molecule has 0 aliphatic carbocycles. The van der Waals surface area contributed by atoms with E-state index in [4.69, 9.17) is 0 Å². The maximum atomic E-state index is 12.1. The Hall–Kier alpha value is -1.65. The lowest BCUT2D eigenvalue weighted by atomic mass is 10.1. The number of nitrogens with one attached hydrogen (secondary N) is 1. The lowest BCUT2D eigenvalue weighted by Gasteiger charge is -2.26. The number of anilines is 1. The van der Waals surface area contributed by atoms with Crippen LogP contribution in [-0.2, 0) is 0 Å². The number of hydrogen-bond donors (Lipinski definition) is 1. The highest BCUT2D eigenvalue weighted by atomic mass is 16.2. The van der Waals surface area contributed by atoms with E-state index in [0.29, 0.717) is 17.7 Å². The first-order valence-electron chi connectivity index (χ1n) is 6.31. The molecule has 0 aliphatic rings. The van der Waals surface area contributed by atoms with Gasteiger partial charge in [0.25, 0.3) is 0 Å². The van der Waals surface area contributed by atoms with Gasteiger partial charge in [-0.3, -0.25) is 10.3 Å². The van der Waals surface area contributed by atoms with Crippen molar-refractivity contribution < 1.29 is 4.79 Å². The second-order valence-corrected chi connectivity index (χ2v) is 5.21. The van der Waals surface area contributed by atoms with Gasteiger partial charge in [0.15, 0.2) is 5.82 Å². The zero-order valence-corrected chi connectivity index (χ0v) is 11.6. The van der Waals surface area contributed by atoms with Crippen molar-refractivity contribution in [2.24, 2.45) is 11.8 Å². The number of aromatic nitrogens is 2. The summed E-state index contributed by atoms with van der Waals surface area (Å²) in [4.78, 5) is 21.9. The minimum atomic E-state index is -0.113. The monoisotopic (exact) mass is 250 g/mol. The quantitative estimate of drug-likeness (QED) is 0.874. The second-order valence-electron chi connectivity index (χ2n) is 5.21. The average Bonchev–Trinajstić information content (AvgIpc) is 2.28. The first-order chi connectivity index (χ1) is 8.49. The number of nitrogens with zero attached hydrogens (tertiary/aromatic N) is 3. The van der Waals surface area contributed by atoms with Crippen LogP contribution >= 0.6 is 0 Å². The minimum Gasteiger partial charge on any atom is -0.324 e. The van der Waals surface area contributed by atoms with E-state index >= 15 is 0 Å². The third kappa shape index (κ3) is 5.12. The van der Waals surface area contributed by atoms with E-state index in [0.717, 1.165) is 13.1 Å². The Morgan fingerprint density at radius 3 is 2.28 bits per heavy atom. The third-order valence-corrected chi connectivity index (χ3v) is 2.26. The smallest absolute Gasteiger partial charge is 0.323 e. The number of amides is 2. The Morgan fingerprint density at radius 1 is 1.22 bits per heavy atom. The molecule has 0 spiro atoms. The summed E-state index contributed by atoms with van der Waals surface area (Å²) in [6, 6.07) is -0.113. The molecule has 0 aliphatic heterocycles. The van der Waals surface area contributed by atoms with Gasteiger partial charge in [-0.2, -0.15) is 0 Å². The molecule has 100 valence electrons. The lowest BCUT2D eigenvalue weighted by Crippen LogP contribution is -2.40. The maximum absolute atomic E-state index is 12.1. The Bertz CT molecular complexity index is 355. The van der Waals surface area contributed by atoms with Gasteiger partial charge in [0.05, 0.1) is 6.20 Å². The van der Waals surface area contributed by atoms with Crippen LogP contribution in [0.4, 0.5) is 10.6 Å². The van der Waals surface area contributed by atoms with E-state index in [1.165, 1.54) is 0 Å². The highest BCUT2D eigenvalue weighted by Gasteiger charge is 2.16. The van der Waals surface area contributed by atoms with Gasteiger partial charge in [-0.05, 0) is 11.8 Å². The van der Waals surface area contributed by atoms with E-state index in [9.17, 15) is 4.79 Å². The van der Waals surface area contributed by atoms with Crippen LogP contribution in [0, 0.1) is 11.8 Å². The van der Waals surface area contributed by atoms with Crippen LogP contribution in [0.2, 0.25) is 0 Å². The summed E-state index contributed by atoms with van der Waals surface area (Å²) < 4.78 is 0. The van der Waals surface area contributed by atoms with Gasteiger partial charge >= 0.3 is 6.03 Å². The molecule has 1 aromatic rings. The van der Waals surface area contributed by atoms with Gasteiger partial charge in [-0.15, -0.1) is 0 Å². The molecule has 0 saturated carbocycles. The maximum Gasteiger partial charge on any atom is 0.323 e. The van der Waals surface area contributed by atoms with Crippen molar-refractivity contribution in [2.75, 3.05) is 18.4 Å². The van der Waals surface area contributed by atoms with Crippen LogP contribution in [0.1, 0.15) is 27.7 Å². The number of rotatable bonds is 5. The van der Waals surface area contributed by atoms with Crippen molar-refractivity contribution in [1.29, 1.82) is 0 Å². The summed E-state index contributed by atoms with van der Waals surface area (Å²) in [5.41, 5.74) is 0. The van der Waals surface area contributed by atoms with Crippen LogP contribution in [0.5, 0.6) is 0 Å². The van der Waals surface area contributed by atoms with Crippen LogP contribution in [0.15, 0.2) is 18.6 Å². The fraction of sp³-hybridized carbons (Fsp3) is 0.615. The Kier molecular flexibility index (Phi) is 5.55. The van der Waals surface area contributed by atoms with Gasteiger partial charge in [-0.25, -0.2) is 9.78 Å². The lowest BCUT2D eigenvalue weighted by molar-refractivity contribution is 0.196. The molecule has 0 aromatic carbocycles. The van der Waals surface area contributed by atoms with Crippen molar-refractivity contribution >= 4 is 11.8 Å². The molecular formula is C13H22N4O. The van der Waals surface area contributed by atoms with Crippen molar-refractivity contribution in [2.45, 2.75) is 27.7 Å². The van der Waals surface area contributed by atoms with E-state index in [1.807, 2.05) is 4.90 Å². The molecule has 0 fully saturated rings. The fourth-order valence-corrected chi connectivity index (χ4v) is 1.67. The van der Waals surface area contributed by atoms with Gasteiger partial charge in [0, 0.05) is 25.5 Å². The van der Waals surface area contributed by atoms with Gasteiger partial charge in [0.2, 0.25) is 0 Å². The van der Waals surface area contributed by atoms with Crippen molar-refractivity contribution in [3.8, 4) is 0 Å². The van der Waals surface area contributed by atoms with Gasteiger partial charge < -0.3 is 4.90 Å². The zero-order chi connectivity index (χ0) is 13.5. The summed E-state index contributed by atoms with van der Waals surface area (Å²) in [6.45, 7) is 9.88. The second kappa shape index (κ2) is 6.93. The minimum absolute atomic E-state index is 0.113. The first kappa shape index (κ1) is 14.4. The Labute approximate surface area is 109 Å². The molecule has 1 rings (SSSR count). The fourth-order valence-electron chi connectivity index (χ4n) is 1.67. The highest BCUT2D eigenvalue weighted by molar-refractivity contribution is 5.88. The van der Waals surface area contributed by atoms with Gasteiger partial charge in [-0.1, -0.05) is 27.7 Å². The molecule has 18 heavy (non-hydrogen) atoms. The third-order valence-electron chi connectivity index (χ3n) is 2.26. The summed E-state index contributed by atoms with van der Waals surface area (Å²) in [6.07, 6.45) is 4.68. The predicted molar refractivity (Wildman–Crippen MR) is 72.3 cm³/mol. The number of urea groups is 1. The Morgan fingerprint density at radius 2 is 1.83 bits per heavy atom. The van der Waals surface area contributed by atoms with E-state index in [1.54, 1.807) is 18.6 Å². The van der Waals surface area contributed by atoms with Crippen LogP contribution in [-0.4, -0.2) is 34.0 Å². The van der Waals surface area contributed by atoms with E-state index < -0.39 is 0 Å². The SMILES string of the molecule is CC(C)CN(CC(C)C)C(=O)Nc1cnccn1. The molecule has 5 nitrogen and oxygen atoms in total. The molecule has 1 heterocycles. The molecular weight excluding hydrogens is 228 g/mol. The highest BCUT2D eigenvalue weighted by Crippen LogP contribution is 2.07. The molecule has 0 unspecified atom stereocenters. The molecule has 2 amide bonds. The molecule has 0 atom stereocenters. The normalized spacial score (nSPS) is 10.8. The predicted octanol–water partition coefficient (Wildman–Crippen LogP) is 2.62. The molecule has 0 radical (unpaired) electrons. The summed E-state index contributed by atoms with van der Waals surface area (Å²) >= 11 is 0. The average molecular weight is 250 g/mol. The molecule has 0 bridgehead atoms. The van der Waals surface area contributed by atoms with Crippen molar-refractivity contribution in [3.05, 3.63) is 18.6 Å². The number of hydrogen-bond acceptors (Lipinski definition) is 3. The molecule has 1 N–H and O–H groups in total. The van der Waals surface area contributed by atoms with Crippen molar-refractivity contribution in [1.82, 2.24) is 14.9 Å². The summed E-state index contributed by atoms with van der Waals surface area (Å²) in [7, 11) is 0. The van der Waals surface area contributed by atoms with Crippen LogP contribution in [0.3, 0.4) is 0 Å². The largest absolute Gasteiger partial charge is 0.324 e. The first-order valence-corrected chi connectivity index (χ1v) is 6.31. The van der Waals surface area contributed by atoms with Gasteiger partial charge in [0.1, 0.15) is 0 Å². The van der Waals surface area contributed by atoms with E-state index in [2.05, 4.69) is 43.0 Å². The van der Waals surface area contributed by atoms with E-state index in [-0.39, 0.29) is 6.03 Å². The molecule has 5 heteroatoms. The molecule has 1 aromatic heterocycles. The van der Waals surface area contributed by atoms with Crippen molar-refractivity contribution in [3.63, 3.8) is 0 Å². The summed E-state index contributed by atoms with van der Waals surface area (Å²) in [5, 5.41) is 2.77. The topological polar surface area (TPSA) is 58.1 Å². The summed E-state index contributed by atoms with van der Waals surface area (Å²) in [5.74, 6) is 1.37. The molecule has 0 saturated heterocycles. The van der Waals surface area contributed by atoms with Crippen LogP contribution in [0.25, 0.3) is 0 Å². The van der Waals surface area contributed by atoms with Crippen LogP contribution < -0.4 is 5.32 Å². The zero-order valence-electron chi connectivity index (χ0n) is 11.6. The Balaban J connectivity index is 2.64. The number of carbonyl (C=O) groups is 1. The standard InChI is InChI=1S/C13H22N4O/c1-10(2)8-17(9-11(3)4)13(18)16-12-7-14-5-6-15-12/h5-7,10-11H,8-9H2,1-4H3,(H,15,16,18). The number of carbonyl (C=O) groups excluding carboxylic acids is 1.